The van der Waals surface area contributed by atoms with Gasteiger partial charge in [-0.1, -0.05) is 27.7 Å². The van der Waals surface area contributed by atoms with E-state index in [1.807, 2.05) is 13.8 Å². The average Bonchev–Trinajstić information content (AvgIpc) is 2.34. The Bertz CT molecular complexity index is 396. The van der Waals surface area contributed by atoms with Crippen molar-refractivity contribution in [3.05, 3.63) is 0 Å². The summed E-state index contributed by atoms with van der Waals surface area (Å²) in [4.78, 5) is 33.8. The van der Waals surface area contributed by atoms with Crippen LogP contribution in [0, 0.1) is 17.8 Å². The Morgan fingerprint density at radius 2 is 1.65 bits per heavy atom. The first kappa shape index (κ1) is 24.7. The molecule has 0 aromatic rings. The van der Waals surface area contributed by atoms with Crippen LogP contribution >= 0.6 is 0 Å². The van der Waals surface area contributed by atoms with Crippen molar-refractivity contribution in [2.45, 2.75) is 53.8 Å². The second-order valence-electron chi connectivity index (χ2n) is 6.04. The molecule has 2 N–H and O–H groups in total. The summed E-state index contributed by atoms with van der Waals surface area (Å²) in [6.07, 6.45) is -1.05. The Morgan fingerprint density at radius 1 is 1.09 bits per heavy atom. The molecule has 0 aliphatic heterocycles. The maximum Gasteiger partial charge on any atom is 2.00 e. The van der Waals surface area contributed by atoms with Gasteiger partial charge in [-0.15, -0.1) is 0 Å². The number of alkyl carbamates (subject to hydrolysis) is 1. The van der Waals surface area contributed by atoms with Gasteiger partial charge in [0.25, 0.3) is 0 Å². The number of amides is 1. The van der Waals surface area contributed by atoms with Gasteiger partial charge in [0.05, 0.1) is 5.92 Å². The fourth-order valence-corrected chi connectivity index (χ4v) is 1.90. The van der Waals surface area contributed by atoms with Crippen molar-refractivity contribution < 1.29 is 31.8 Å². The SMILES string of the molecule is CC(C)C[C@H](CNC(=O)O[C@H](C)OC(=O)C(C)C)CC(=O)O.[Ca+2].[H-].[H-]. The summed E-state index contributed by atoms with van der Waals surface area (Å²) in [6, 6.07) is 0. The number of carboxylic acids is 1. The molecule has 0 unspecified atom stereocenters. The Balaban J connectivity index is -0.000000735. The third-order valence-corrected chi connectivity index (χ3v) is 2.83. The molecular formula is C15H29CaNO6. The largest absolute Gasteiger partial charge is 2.00 e. The van der Waals surface area contributed by atoms with Crippen LogP contribution in [0.5, 0.6) is 0 Å². The standard InChI is InChI=1S/C15H27NO6.Ca.2H/c1-9(2)6-12(7-13(17)18)8-16-15(20)22-11(5)21-14(19)10(3)4;;;/h9-12H,6-8H2,1-5H3,(H,16,20)(H,17,18);;;/q;+2;2*-1/t11-,12+;;;/m1.../s1. The quantitative estimate of drug-likeness (QED) is 0.372. The Labute approximate surface area is 170 Å². The molecule has 0 aliphatic rings. The number of esters is 1. The Morgan fingerprint density at radius 3 is 2.09 bits per heavy atom. The minimum absolute atomic E-state index is 0. The van der Waals surface area contributed by atoms with E-state index in [1.54, 1.807) is 13.8 Å². The van der Waals surface area contributed by atoms with E-state index in [4.69, 9.17) is 14.6 Å². The van der Waals surface area contributed by atoms with Gasteiger partial charge in [0.2, 0.25) is 6.29 Å². The minimum atomic E-state index is -0.988. The minimum Gasteiger partial charge on any atom is -1.00 e. The van der Waals surface area contributed by atoms with E-state index in [2.05, 4.69) is 5.32 Å². The number of carboxylic acid groups (broad SMARTS) is 1. The molecule has 0 spiro atoms. The van der Waals surface area contributed by atoms with Crippen molar-refractivity contribution in [3.8, 4) is 0 Å². The molecule has 0 fully saturated rings. The topological polar surface area (TPSA) is 102 Å². The maximum atomic E-state index is 11.6. The molecule has 0 saturated carbocycles. The van der Waals surface area contributed by atoms with Crippen molar-refractivity contribution >= 4 is 55.8 Å². The van der Waals surface area contributed by atoms with Gasteiger partial charge in [-0.05, 0) is 18.3 Å². The van der Waals surface area contributed by atoms with E-state index in [-0.39, 0.29) is 65.4 Å². The first-order valence-electron chi connectivity index (χ1n) is 7.48. The normalized spacial score (nSPS) is 13.0. The summed E-state index contributed by atoms with van der Waals surface area (Å²) in [5.41, 5.74) is 0. The van der Waals surface area contributed by atoms with Crippen molar-refractivity contribution in [2.75, 3.05) is 6.54 Å². The summed E-state index contributed by atoms with van der Waals surface area (Å²) < 4.78 is 9.79. The molecule has 2 atom stereocenters. The van der Waals surface area contributed by atoms with Crippen LogP contribution in [-0.4, -0.2) is 73.7 Å². The summed E-state index contributed by atoms with van der Waals surface area (Å²) in [6.45, 7) is 8.98. The Kier molecular flexibility index (Phi) is 13.8. The van der Waals surface area contributed by atoms with Gasteiger partial charge in [-0.3, -0.25) is 9.59 Å². The molecule has 0 heterocycles. The molecule has 1 amide bonds. The molecule has 8 heteroatoms. The molecule has 0 rings (SSSR count). The monoisotopic (exact) mass is 359 g/mol. The summed E-state index contributed by atoms with van der Waals surface area (Å²) >= 11 is 0. The van der Waals surface area contributed by atoms with E-state index in [0.29, 0.717) is 12.3 Å². The maximum absolute atomic E-state index is 11.6. The van der Waals surface area contributed by atoms with Gasteiger partial charge >= 0.3 is 55.8 Å². The third kappa shape index (κ3) is 13.6. The molecule has 7 nitrogen and oxygen atoms in total. The number of aliphatic carboxylic acids is 1. The van der Waals surface area contributed by atoms with Gasteiger partial charge < -0.3 is 22.8 Å². The average molecular weight is 359 g/mol. The smallest absolute Gasteiger partial charge is 1.00 e. The Hall–Kier alpha value is -0.530. The van der Waals surface area contributed by atoms with Gasteiger partial charge in [0, 0.05) is 19.9 Å². The van der Waals surface area contributed by atoms with Crippen molar-refractivity contribution in [1.29, 1.82) is 0 Å². The first-order chi connectivity index (χ1) is 10.1. The van der Waals surface area contributed by atoms with Crippen LogP contribution in [-0.2, 0) is 19.1 Å². The zero-order chi connectivity index (χ0) is 17.3. The zero-order valence-corrected chi connectivity index (χ0v) is 16.8. The van der Waals surface area contributed by atoms with Crippen molar-refractivity contribution in [2.24, 2.45) is 17.8 Å². The van der Waals surface area contributed by atoms with Gasteiger partial charge in [-0.2, -0.15) is 0 Å². The zero-order valence-electron chi connectivity index (χ0n) is 16.6. The van der Waals surface area contributed by atoms with Crippen molar-refractivity contribution in [3.63, 3.8) is 0 Å². The van der Waals surface area contributed by atoms with Crippen LogP contribution in [0.1, 0.15) is 50.3 Å². The van der Waals surface area contributed by atoms with Crippen molar-refractivity contribution in [1.82, 2.24) is 5.32 Å². The second kappa shape index (κ2) is 12.8. The van der Waals surface area contributed by atoms with E-state index in [9.17, 15) is 14.4 Å². The van der Waals surface area contributed by atoms with Crippen LogP contribution in [0.25, 0.3) is 0 Å². The van der Waals surface area contributed by atoms with Crippen LogP contribution in [0.4, 0.5) is 4.79 Å². The second-order valence-corrected chi connectivity index (χ2v) is 6.04. The molecule has 132 valence electrons. The van der Waals surface area contributed by atoms with Gasteiger partial charge in [-0.25, -0.2) is 4.79 Å². The van der Waals surface area contributed by atoms with E-state index in [1.165, 1.54) is 6.92 Å². The molecule has 0 saturated heterocycles. The van der Waals surface area contributed by atoms with Crippen LogP contribution in [0.2, 0.25) is 0 Å². The predicted molar refractivity (Wildman–Crippen MR) is 88.1 cm³/mol. The predicted octanol–water partition coefficient (Wildman–Crippen LogP) is 2.24. The number of ether oxygens (including phenoxy) is 2. The number of carbonyl (C=O) groups is 3. The molecule has 0 aliphatic carbocycles. The van der Waals surface area contributed by atoms with Crippen LogP contribution in [0.15, 0.2) is 0 Å². The molecule has 23 heavy (non-hydrogen) atoms. The summed E-state index contributed by atoms with van der Waals surface area (Å²) in [5, 5.41) is 11.4. The number of nitrogens with one attached hydrogen (secondary N) is 1. The van der Waals surface area contributed by atoms with Gasteiger partial charge in [0.15, 0.2) is 0 Å². The molecule has 0 aromatic carbocycles. The number of hydrogen-bond acceptors (Lipinski definition) is 5. The van der Waals surface area contributed by atoms with E-state index >= 15 is 0 Å². The van der Waals surface area contributed by atoms with Crippen LogP contribution < -0.4 is 5.32 Å². The van der Waals surface area contributed by atoms with E-state index in [0.717, 1.165) is 0 Å². The molecular weight excluding hydrogens is 330 g/mol. The third-order valence-electron chi connectivity index (χ3n) is 2.83. The summed E-state index contributed by atoms with van der Waals surface area (Å²) in [7, 11) is 0. The fraction of sp³-hybridized carbons (Fsp3) is 0.800. The van der Waals surface area contributed by atoms with Crippen LogP contribution in [0.3, 0.4) is 0 Å². The van der Waals surface area contributed by atoms with E-state index < -0.39 is 24.3 Å². The number of rotatable bonds is 9. The molecule has 0 aromatic heterocycles. The fourth-order valence-electron chi connectivity index (χ4n) is 1.90. The number of carbonyl (C=O) groups excluding carboxylic acids is 2. The first-order valence-corrected chi connectivity index (χ1v) is 7.48. The summed E-state index contributed by atoms with van der Waals surface area (Å²) in [5.74, 6) is -1.50. The number of hydrogen-bond donors (Lipinski definition) is 2. The van der Waals surface area contributed by atoms with Gasteiger partial charge in [0.1, 0.15) is 0 Å². The molecule has 0 bridgehead atoms. The molecule has 0 radical (unpaired) electrons.